The Kier molecular flexibility index (Phi) is 6.99. The van der Waals surface area contributed by atoms with Crippen molar-refractivity contribution in [2.45, 2.75) is 19.3 Å². The third kappa shape index (κ3) is 7.45. The van der Waals surface area contributed by atoms with E-state index in [4.69, 9.17) is 10.00 Å². The first kappa shape index (κ1) is 8.45. The number of hydrogen-bond donors (Lipinski definition) is 0. The van der Waals surface area contributed by atoms with Gasteiger partial charge >= 0.3 is 0 Å². The summed E-state index contributed by atoms with van der Waals surface area (Å²) >= 11 is 0. The first-order valence-corrected chi connectivity index (χ1v) is 3.15. The largest absolute Gasteiger partial charge is 0.380 e. The van der Waals surface area contributed by atoms with Crippen LogP contribution in [0.3, 0.4) is 0 Å². The molecule has 0 fully saturated rings. The fraction of sp³-hybridized carbons (Fsp3) is 0.714. The van der Waals surface area contributed by atoms with Crippen molar-refractivity contribution in [1.29, 1.82) is 5.26 Å². The van der Waals surface area contributed by atoms with Crippen LogP contribution in [0.2, 0.25) is 0 Å². The predicted molar refractivity (Wildman–Crippen MR) is 35.6 cm³/mol. The Bertz CT molecular complexity index is 85.4. The van der Waals surface area contributed by atoms with Gasteiger partial charge in [0.25, 0.3) is 0 Å². The van der Waals surface area contributed by atoms with E-state index in [9.17, 15) is 0 Å². The van der Waals surface area contributed by atoms with Crippen molar-refractivity contribution in [3.05, 3.63) is 6.92 Å². The van der Waals surface area contributed by atoms with Gasteiger partial charge < -0.3 is 4.74 Å². The maximum absolute atomic E-state index is 8.08. The van der Waals surface area contributed by atoms with Gasteiger partial charge in [0.05, 0.1) is 19.1 Å². The molecule has 0 heterocycles. The summed E-state index contributed by atoms with van der Waals surface area (Å²) in [6.45, 7) is 4.97. The molecule has 0 unspecified atom stereocenters. The standard InChI is InChI=1S/C7H12NO/c1-2-3-6-9-7-4-5-8/h1-4,6-7H2. The van der Waals surface area contributed by atoms with Crippen LogP contribution in [0.4, 0.5) is 0 Å². The van der Waals surface area contributed by atoms with Crippen LogP contribution in [0.5, 0.6) is 0 Å². The van der Waals surface area contributed by atoms with Crippen molar-refractivity contribution in [3.8, 4) is 6.07 Å². The van der Waals surface area contributed by atoms with Crippen LogP contribution >= 0.6 is 0 Å². The summed E-state index contributed by atoms with van der Waals surface area (Å²) in [5, 5.41) is 8.08. The summed E-state index contributed by atoms with van der Waals surface area (Å²) in [5.41, 5.74) is 0. The molecule has 0 spiro atoms. The van der Waals surface area contributed by atoms with Crippen molar-refractivity contribution in [2.24, 2.45) is 0 Å². The van der Waals surface area contributed by atoms with Gasteiger partial charge in [0, 0.05) is 6.61 Å². The highest BCUT2D eigenvalue weighted by Crippen LogP contribution is 1.87. The Hall–Kier alpha value is -0.550. The first-order chi connectivity index (χ1) is 4.41. The van der Waals surface area contributed by atoms with Crippen molar-refractivity contribution < 1.29 is 4.74 Å². The van der Waals surface area contributed by atoms with E-state index in [1.54, 1.807) is 0 Å². The Labute approximate surface area is 56.4 Å². The van der Waals surface area contributed by atoms with E-state index in [2.05, 4.69) is 6.92 Å². The van der Waals surface area contributed by atoms with E-state index < -0.39 is 0 Å². The average molecular weight is 126 g/mol. The van der Waals surface area contributed by atoms with E-state index in [1.807, 2.05) is 6.07 Å². The number of rotatable bonds is 5. The molecule has 0 aromatic heterocycles. The van der Waals surface area contributed by atoms with E-state index in [0.29, 0.717) is 13.0 Å². The molecular formula is C7H12NO. The van der Waals surface area contributed by atoms with Gasteiger partial charge in [0.1, 0.15) is 0 Å². The van der Waals surface area contributed by atoms with Gasteiger partial charge in [-0.25, -0.2) is 0 Å². The second-order valence-electron chi connectivity index (χ2n) is 1.73. The molecule has 9 heavy (non-hydrogen) atoms. The summed E-state index contributed by atoms with van der Waals surface area (Å²) in [6, 6.07) is 2.00. The smallest absolute Gasteiger partial charge is 0.0645 e. The van der Waals surface area contributed by atoms with Gasteiger partial charge in [-0.15, -0.1) is 0 Å². The minimum Gasteiger partial charge on any atom is -0.380 e. The number of nitriles is 1. The SMILES string of the molecule is [CH2]CCCOCCC#N. The lowest BCUT2D eigenvalue weighted by molar-refractivity contribution is 0.138. The fourth-order valence-corrected chi connectivity index (χ4v) is 0.424. The second-order valence-corrected chi connectivity index (χ2v) is 1.73. The molecule has 0 rings (SSSR count). The highest BCUT2D eigenvalue weighted by molar-refractivity contribution is 4.66. The van der Waals surface area contributed by atoms with E-state index in [0.717, 1.165) is 19.4 Å². The minimum absolute atomic E-state index is 0.497. The lowest BCUT2D eigenvalue weighted by Gasteiger charge is -1.96. The lowest BCUT2D eigenvalue weighted by Crippen LogP contribution is -1.94. The van der Waals surface area contributed by atoms with Gasteiger partial charge in [-0.1, -0.05) is 13.3 Å². The van der Waals surface area contributed by atoms with Gasteiger partial charge in [-0.2, -0.15) is 5.26 Å². The van der Waals surface area contributed by atoms with Crippen LogP contribution in [0.15, 0.2) is 0 Å². The molecule has 0 atom stereocenters. The van der Waals surface area contributed by atoms with Crippen molar-refractivity contribution in [2.75, 3.05) is 13.2 Å². The fourth-order valence-electron chi connectivity index (χ4n) is 0.424. The first-order valence-electron chi connectivity index (χ1n) is 3.15. The molecule has 0 aromatic rings. The van der Waals surface area contributed by atoms with E-state index >= 15 is 0 Å². The second kappa shape index (κ2) is 7.45. The highest BCUT2D eigenvalue weighted by Gasteiger charge is 1.84. The number of nitrogens with zero attached hydrogens (tertiary/aromatic N) is 1. The topological polar surface area (TPSA) is 33.0 Å². The maximum atomic E-state index is 8.08. The molecule has 0 aliphatic heterocycles. The third-order valence-corrected chi connectivity index (χ3v) is 0.897. The molecule has 0 bridgehead atoms. The molecule has 2 nitrogen and oxygen atoms in total. The maximum Gasteiger partial charge on any atom is 0.0645 e. The summed E-state index contributed by atoms with van der Waals surface area (Å²) in [6.07, 6.45) is 2.40. The summed E-state index contributed by atoms with van der Waals surface area (Å²) in [4.78, 5) is 0. The molecule has 0 aliphatic carbocycles. The van der Waals surface area contributed by atoms with E-state index in [-0.39, 0.29) is 0 Å². The minimum atomic E-state index is 0.497. The van der Waals surface area contributed by atoms with E-state index in [1.165, 1.54) is 0 Å². The molecule has 0 amide bonds. The van der Waals surface area contributed by atoms with Crippen LogP contribution in [0.1, 0.15) is 19.3 Å². The molecule has 0 aromatic carbocycles. The number of unbranched alkanes of at least 4 members (excludes halogenated alkanes) is 1. The van der Waals surface area contributed by atoms with Crippen LogP contribution in [0.25, 0.3) is 0 Å². The zero-order valence-corrected chi connectivity index (χ0v) is 5.60. The molecular weight excluding hydrogens is 114 g/mol. The Morgan fingerprint density at radius 3 is 2.78 bits per heavy atom. The molecule has 1 radical (unpaired) electrons. The van der Waals surface area contributed by atoms with Crippen LogP contribution < -0.4 is 0 Å². The van der Waals surface area contributed by atoms with Crippen LogP contribution in [-0.4, -0.2) is 13.2 Å². The van der Waals surface area contributed by atoms with Gasteiger partial charge in [-0.3, -0.25) is 0 Å². The van der Waals surface area contributed by atoms with Gasteiger partial charge in [0.15, 0.2) is 0 Å². The van der Waals surface area contributed by atoms with Gasteiger partial charge in [0.2, 0.25) is 0 Å². The molecule has 0 N–H and O–H groups in total. The quantitative estimate of drug-likeness (QED) is 0.523. The Morgan fingerprint density at radius 1 is 1.44 bits per heavy atom. The summed E-state index contributed by atoms with van der Waals surface area (Å²) < 4.78 is 5.05. The zero-order chi connectivity index (χ0) is 6.95. The Morgan fingerprint density at radius 2 is 2.22 bits per heavy atom. The zero-order valence-electron chi connectivity index (χ0n) is 5.60. The van der Waals surface area contributed by atoms with Crippen molar-refractivity contribution in [1.82, 2.24) is 0 Å². The number of ether oxygens (including phenoxy) is 1. The normalized spacial score (nSPS) is 8.89. The molecule has 0 saturated carbocycles. The lowest BCUT2D eigenvalue weighted by atomic mass is 10.4. The van der Waals surface area contributed by atoms with Crippen LogP contribution in [-0.2, 0) is 4.74 Å². The molecule has 2 heteroatoms. The average Bonchev–Trinajstić information content (AvgIpc) is 1.89. The summed E-state index contributed by atoms with van der Waals surface area (Å²) in [7, 11) is 0. The Balaban J connectivity index is 2.69. The van der Waals surface area contributed by atoms with Crippen molar-refractivity contribution >= 4 is 0 Å². The van der Waals surface area contributed by atoms with Gasteiger partial charge in [-0.05, 0) is 6.42 Å². The molecule has 0 aliphatic rings. The highest BCUT2D eigenvalue weighted by atomic mass is 16.5. The molecule has 0 saturated heterocycles. The summed E-state index contributed by atoms with van der Waals surface area (Å²) in [5.74, 6) is 0. The van der Waals surface area contributed by atoms with Crippen molar-refractivity contribution in [3.63, 3.8) is 0 Å². The molecule has 51 valence electrons. The third-order valence-electron chi connectivity index (χ3n) is 0.897. The predicted octanol–water partition coefficient (Wildman–Crippen LogP) is 1.53. The van der Waals surface area contributed by atoms with Crippen LogP contribution in [0, 0.1) is 18.3 Å². The monoisotopic (exact) mass is 126 g/mol. The number of hydrogen-bond acceptors (Lipinski definition) is 2.